The van der Waals surface area contributed by atoms with Gasteiger partial charge in [0.05, 0.1) is 6.61 Å². The van der Waals surface area contributed by atoms with Crippen LogP contribution in [0.1, 0.15) is 27.9 Å². The van der Waals surface area contributed by atoms with Crippen LogP contribution in [-0.2, 0) is 27.3 Å². The van der Waals surface area contributed by atoms with Crippen LogP contribution in [0.2, 0.25) is 0 Å². The van der Waals surface area contributed by atoms with Crippen molar-refractivity contribution in [3.63, 3.8) is 0 Å². The van der Waals surface area contributed by atoms with Gasteiger partial charge in [-0.25, -0.2) is 4.79 Å². The molecular weight excluding hydrogens is 366 g/mol. The summed E-state index contributed by atoms with van der Waals surface area (Å²) >= 11 is 1.64. The molecule has 0 aliphatic carbocycles. The molecule has 0 aliphatic heterocycles. The Morgan fingerprint density at radius 3 is 2.81 bits per heavy atom. The van der Waals surface area contributed by atoms with E-state index >= 15 is 0 Å². The Kier molecular flexibility index (Phi) is 6.62. The van der Waals surface area contributed by atoms with Crippen LogP contribution in [0.3, 0.4) is 0 Å². The van der Waals surface area contributed by atoms with Crippen LogP contribution in [-0.4, -0.2) is 31.6 Å². The third-order valence-electron chi connectivity index (χ3n) is 3.94. The van der Waals surface area contributed by atoms with Gasteiger partial charge in [0.25, 0.3) is 5.91 Å². The predicted molar refractivity (Wildman–Crippen MR) is 103 cm³/mol. The van der Waals surface area contributed by atoms with Gasteiger partial charge in [0.1, 0.15) is 5.58 Å². The summed E-state index contributed by atoms with van der Waals surface area (Å²) in [5, 5.41) is 5.53. The van der Waals surface area contributed by atoms with E-state index in [1.54, 1.807) is 17.4 Å². The molecule has 1 aromatic carbocycles. The van der Waals surface area contributed by atoms with E-state index in [9.17, 15) is 9.59 Å². The smallest absolute Gasteiger partial charge is 0.375 e. The topological polar surface area (TPSA) is 77.8 Å². The quantitative estimate of drug-likeness (QED) is 0.568. The van der Waals surface area contributed by atoms with E-state index in [1.807, 2.05) is 42.6 Å². The zero-order valence-electron chi connectivity index (χ0n) is 15.0. The fourth-order valence-electron chi connectivity index (χ4n) is 2.64. The first-order valence-corrected chi connectivity index (χ1v) is 9.61. The first kappa shape index (κ1) is 19.1. The largest absolute Gasteiger partial charge is 0.450 e. The van der Waals surface area contributed by atoms with E-state index in [2.05, 4.69) is 5.32 Å². The van der Waals surface area contributed by atoms with Crippen molar-refractivity contribution in [1.82, 2.24) is 5.32 Å². The van der Waals surface area contributed by atoms with Crippen molar-refractivity contribution in [3.05, 3.63) is 58.0 Å². The number of esters is 1. The minimum Gasteiger partial charge on any atom is -0.450 e. The van der Waals surface area contributed by atoms with Crippen molar-refractivity contribution in [2.75, 3.05) is 19.8 Å². The van der Waals surface area contributed by atoms with Crippen molar-refractivity contribution in [2.45, 2.75) is 20.0 Å². The number of thiophene rings is 1. The maximum Gasteiger partial charge on any atom is 0.375 e. The second-order valence-corrected chi connectivity index (χ2v) is 6.83. The summed E-state index contributed by atoms with van der Waals surface area (Å²) in [6.07, 6.45) is 0.749. The Bertz CT molecular complexity index is 900. The zero-order chi connectivity index (χ0) is 19.1. The average molecular weight is 387 g/mol. The van der Waals surface area contributed by atoms with Crippen LogP contribution in [0.15, 0.2) is 46.2 Å². The van der Waals surface area contributed by atoms with Gasteiger partial charge < -0.3 is 19.2 Å². The van der Waals surface area contributed by atoms with E-state index in [0.717, 1.165) is 11.8 Å². The molecule has 2 heterocycles. The molecule has 27 heavy (non-hydrogen) atoms. The van der Waals surface area contributed by atoms with Crippen molar-refractivity contribution in [3.8, 4) is 0 Å². The molecule has 3 aromatic rings. The highest BCUT2D eigenvalue weighted by molar-refractivity contribution is 7.09. The summed E-state index contributed by atoms with van der Waals surface area (Å²) in [6, 6.07) is 11.3. The Labute approximate surface area is 161 Å². The van der Waals surface area contributed by atoms with Gasteiger partial charge in [0.2, 0.25) is 5.76 Å². The summed E-state index contributed by atoms with van der Waals surface area (Å²) in [4.78, 5) is 25.5. The van der Waals surface area contributed by atoms with Gasteiger partial charge in [-0.15, -0.1) is 11.3 Å². The number of carbonyl (C=O) groups excluding carboxylic acids is 2. The lowest BCUT2D eigenvalue weighted by Gasteiger charge is -2.06. The average Bonchev–Trinajstić information content (AvgIpc) is 3.32. The summed E-state index contributed by atoms with van der Waals surface area (Å²) in [6.45, 7) is 2.78. The van der Waals surface area contributed by atoms with Crippen LogP contribution < -0.4 is 5.32 Å². The van der Waals surface area contributed by atoms with Crippen LogP contribution in [0.4, 0.5) is 0 Å². The van der Waals surface area contributed by atoms with Gasteiger partial charge in [-0.1, -0.05) is 24.3 Å². The first-order valence-electron chi connectivity index (χ1n) is 8.73. The lowest BCUT2D eigenvalue weighted by Crippen LogP contribution is -2.30. The molecule has 0 aliphatic rings. The van der Waals surface area contributed by atoms with Gasteiger partial charge in [-0.2, -0.15) is 0 Å². The highest BCUT2D eigenvalue weighted by Crippen LogP contribution is 2.27. The highest BCUT2D eigenvalue weighted by Gasteiger charge is 2.22. The molecule has 0 unspecified atom stereocenters. The Hall–Kier alpha value is -2.64. The van der Waals surface area contributed by atoms with E-state index in [-0.39, 0.29) is 24.9 Å². The lowest BCUT2D eigenvalue weighted by atomic mass is 10.1. The molecule has 0 spiro atoms. The number of nitrogens with one attached hydrogen (secondary N) is 1. The summed E-state index contributed by atoms with van der Waals surface area (Å²) in [5.41, 5.74) is 1.22. The van der Waals surface area contributed by atoms with Crippen molar-refractivity contribution >= 4 is 34.2 Å². The zero-order valence-corrected chi connectivity index (χ0v) is 15.8. The maximum absolute atomic E-state index is 12.4. The molecule has 0 saturated carbocycles. The third-order valence-corrected chi connectivity index (χ3v) is 4.88. The monoisotopic (exact) mass is 387 g/mol. The number of fused-ring (bicyclic) bond motifs is 1. The van der Waals surface area contributed by atoms with E-state index in [0.29, 0.717) is 24.3 Å². The molecule has 0 fully saturated rings. The molecule has 0 saturated heterocycles. The van der Waals surface area contributed by atoms with E-state index < -0.39 is 5.97 Å². The second kappa shape index (κ2) is 9.34. The lowest BCUT2D eigenvalue weighted by molar-refractivity contribution is -0.124. The molecule has 3 rings (SSSR count). The standard InChI is InChI=1S/C20H21NO5S/c1-2-24-12-16-15-7-3-4-8-17(15)26-19(16)20(23)25-13-18(22)21-10-9-14-6-5-11-27-14/h3-8,11H,2,9-10,12-13H2,1H3,(H,21,22). The fraction of sp³-hybridized carbons (Fsp3) is 0.300. The van der Waals surface area contributed by atoms with Gasteiger partial charge in [-0.3, -0.25) is 4.79 Å². The number of rotatable bonds is 9. The van der Waals surface area contributed by atoms with E-state index in [4.69, 9.17) is 13.9 Å². The van der Waals surface area contributed by atoms with Gasteiger partial charge in [0.15, 0.2) is 6.61 Å². The van der Waals surface area contributed by atoms with Crippen LogP contribution in [0.5, 0.6) is 0 Å². The van der Waals surface area contributed by atoms with Gasteiger partial charge in [-0.05, 0) is 30.9 Å². The molecule has 0 radical (unpaired) electrons. The van der Waals surface area contributed by atoms with E-state index in [1.165, 1.54) is 4.88 Å². The fourth-order valence-corrected chi connectivity index (χ4v) is 3.35. The predicted octanol–water partition coefficient (Wildman–Crippen LogP) is 3.55. The molecule has 6 nitrogen and oxygen atoms in total. The number of carbonyl (C=O) groups is 2. The van der Waals surface area contributed by atoms with Crippen LogP contribution in [0.25, 0.3) is 11.0 Å². The molecule has 1 N–H and O–H groups in total. The molecule has 0 atom stereocenters. The number of furan rings is 1. The van der Waals surface area contributed by atoms with Crippen molar-refractivity contribution in [1.29, 1.82) is 0 Å². The summed E-state index contributed by atoms with van der Waals surface area (Å²) in [5.74, 6) is -0.937. The number of hydrogen-bond donors (Lipinski definition) is 1. The first-order chi connectivity index (χ1) is 13.2. The highest BCUT2D eigenvalue weighted by atomic mass is 32.1. The van der Waals surface area contributed by atoms with Crippen LogP contribution >= 0.6 is 11.3 Å². The molecule has 1 amide bonds. The Morgan fingerprint density at radius 2 is 2.04 bits per heavy atom. The number of amides is 1. The maximum atomic E-state index is 12.4. The van der Waals surface area contributed by atoms with Gasteiger partial charge in [0, 0.05) is 29.0 Å². The van der Waals surface area contributed by atoms with Crippen molar-refractivity contribution in [2.24, 2.45) is 0 Å². The number of ether oxygens (including phenoxy) is 2. The summed E-state index contributed by atoms with van der Waals surface area (Å²) < 4.78 is 16.2. The summed E-state index contributed by atoms with van der Waals surface area (Å²) in [7, 11) is 0. The molecule has 0 bridgehead atoms. The van der Waals surface area contributed by atoms with Crippen LogP contribution in [0, 0.1) is 0 Å². The van der Waals surface area contributed by atoms with Crippen molar-refractivity contribution < 1.29 is 23.5 Å². The molecular formula is C20H21NO5S. The third kappa shape index (κ3) is 4.96. The van der Waals surface area contributed by atoms with Gasteiger partial charge >= 0.3 is 5.97 Å². The minimum atomic E-state index is -0.672. The molecule has 142 valence electrons. The number of benzene rings is 1. The SMILES string of the molecule is CCOCc1c(C(=O)OCC(=O)NCCc2cccs2)oc2ccccc12. The molecule has 2 aromatic heterocycles. The Balaban J connectivity index is 1.57. The molecule has 7 heteroatoms. The number of hydrogen-bond acceptors (Lipinski definition) is 6. The minimum absolute atomic E-state index is 0.0797. The second-order valence-electron chi connectivity index (χ2n) is 5.80. The Morgan fingerprint density at radius 1 is 1.19 bits per heavy atom. The normalized spacial score (nSPS) is 10.9. The number of para-hydroxylation sites is 1.